The van der Waals surface area contributed by atoms with Crippen molar-refractivity contribution in [2.75, 3.05) is 39.0 Å². The monoisotopic (exact) mass is 385 g/mol. The number of nitrogens with zero attached hydrogens (tertiary/aromatic N) is 3. The van der Waals surface area contributed by atoms with E-state index in [1.165, 1.54) is 38.6 Å². The molecule has 3 fully saturated rings. The lowest BCUT2D eigenvalue weighted by Gasteiger charge is -2.54. The topological polar surface area (TPSA) is 43.9 Å². The van der Waals surface area contributed by atoms with Gasteiger partial charge in [-0.25, -0.2) is 8.42 Å². The largest absolute Gasteiger partial charge is 0.301 e. The Balaban J connectivity index is 1.58. The molecule has 3 heterocycles. The minimum Gasteiger partial charge on any atom is -0.301 e. The maximum absolute atomic E-state index is 12.3. The molecular formula is C20H39N3O2S. The molecule has 0 atom stereocenters. The molecule has 5 nitrogen and oxygen atoms in total. The maximum Gasteiger partial charge on any atom is 0.211 e. The van der Waals surface area contributed by atoms with Crippen molar-refractivity contribution < 1.29 is 8.42 Å². The fourth-order valence-corrected chi connectivity index (χ4v) is 6.90. The van der Waals surface area contributed by atoms with E-state index in [1.807, 2.05) is 0 Å². The summed E-state index contributed by atoms with van der Waals surface area (Å²) >= 11 is 0. The lowest BCUT2D eigenvalue weighted by atomic mass is 9.69. The molecule has 0 aliphatic carbocycles. The highest BCUT2D eigenvalue weighted by Crippen LogP contribution is 2.46. The van der Waals surface area contributed by atoms with E-state index in [-0.39, 0.29) is 11.0 Å². The van der Waals surface area contributed by atoms with Crippen LogP contribution in [0.2, 0.25) is 0 Å². The smallest absolute Gasteiger partial charge is 0.211 e. The first kappa shape index (κ1) is 20.6. The average Bonchev–Trinajstić information content (AvgIpc) is 2.57. The Labute approximate surface area is 161 Å². The highest BCUT2D eigenvalue weighted by molar-refractivity contribution is 7.88. The van der Waals surface area contributed by atoms with Gasteiger partial charge in [0.05, 0.1) is 6.26 Å². The van der Waals surface area contributed by atoms with Gasteiger partial charge in [-0.15, -0.1) is 0 Å². The zero-order valence-corrected chi connectivity index (χ0v) is 18.3. The molecule has 6 heteroatoms. The number of likely N-dealkylation sites (tertiary alicyclic amines) is 2. The molecule has 3 rings (SSSR count). The molecule has 1 spiro atoms. The zero-order valence-electron chi connectivity index (χ0n) is 17.5. The van der Waals surface area contributed by atoms with Gasteiger partial charge in [-0.1, -0.05) is 0 Å². The lowest BCUT2D eigenvalue weighted by molar-refractivity contribution is -0.0134. The van der Waals surface area contributed by atoms with Gasteiger partial charge in [0.2, 0.25) is 10.0 Å². The second-order valence-electron chi connectivity index (χ2n) is 9.98. The molecule has 0 N–H and O–H groups in total. The fourth-order valence-electron chi connectivity index (χ4n) is 5.40. The van der Waals surface area contributed by atoms with E-state index in [0.717, 1.165) is 44.9 Å². The predicted molar refractivity (Wildman–Crippen MR) is 108 cm³/mol. The molecule has 0 saturated carbocycles. The van der Waals surface area contributed by atoms with Gasteiger partial charge in [-0.05, 0) is 97.8 Å². The molecule has 0 radical (unpaired) electrons. The summed E-state index contributed by atoms with van der Waals surface area (Å²) in [6.07, 6.45) is 8.41. The third-order valence-corrected chi connectivity index (χ3v) is 8.85. The van der Waals surface area contributed by atoms with Crippen LogP contribution in [0.3, 0.4) is 0 Å². The van der Waals surface area contributed by atoms with Crippen LogP contribution in [-0.4, -0.2) is 79.1 Å². The van der Waals surface area contributed by atoms with Gasteiger partial charge < -0.3 is 9.80 Å². The van der Waals surface area contributed by atoms with E-state index in [9.17, 15) is 8.42 Å². The maximum atomic E-state index is 12.3. The Bertz CT molecular complexity index is 586. The third kappa shape index (κ3) is 4.29. The van der Waals surface area contributed by atoms with Crippen molar-refractivity contribution in [3.8, 4) is 0 Å². The van der Waals surface area contributed by atoms with E-state index >= 15 is 0 Å². The highest BCUT2D eigenvalue weighted by Gasteiger charge is 2.48. The molecule has 152 valence electrons. The van der Waals surface area contributed by atoms with Crippen molar-refractivity contribution in [2.45, 2.75) is 83.8 Å². The summed E-state index contributed by atoms with van der Waals surface area (Å²) < 4.78 is 26.5. The molecule has 3 aliphatic rings. The summed E-state index contributed by atoms with van der Waals surface area (Å²) in [4.78, 5) is 5.29. The Morgan fingerprint density at radius 1 is 0.923 bits per heavy atom. The number of rotatable bonds is 3. The van der Waals surface area contributed by atoms with E-state index in [0.29, 0.717) is 6.04 Å². The van der Waals surface area contributed by atoms with Crippen LogP contribution < -0.4 is 0 Å². The van der Waals surface area contributed by atoms with Crippen LogP contribution in [0.1, 0.15) is 66.2 Å². The number of hydrogen-bond acceptors (Lipinski definition) is 4. The second kappa shape index (κ2) is 7.34. The summed E-state index contributed by atoms with van der Waals surface area (Å²) in [7, 11) is -3.14. The van der Waals surface area contributed by atoms with Gasteiger partial charge in [-0.3, -0.25) is 0 Å². The van der Waals surface area contributed by atoms with Gasteiger partial charge >= 0.3 is 0 Å². The zero-order chi connectivity index (χ0) is 19.2. The van der Waals surface area contributed by atoms with Gasteiger partial charge in [-0.2, -0.15) is 4.31 Å². The second-order valence-corrected chi connectivity index (χ2v) is 11.9. The third-order valence-electron chi connectivity index (χ3n) is 7.43. The first-order valence-electron chi connectivity index (χ1n) is 10.5. The molecular weight excluding hydrogens is 346 g/mol. The average molecular weight is 386 g/mol. The van der Waals surface area contributed by atoms with Crippen LogP contribution in [-0.2, 0) is 10.0 Å². The quantitative estimate of drug-likeness (QED) is 0.749. The molecule has 3 saturated heterocycles. The summed E-state index contributed by atoms with van der Waals surface area (Å²) in [5.41, 5.74) is -0.0343. The molecule has 26 heavy (non-hydrogen) atoms. The van der Waals surface area contributed by atoms with Crippen LogP contribution in [0.25, 0.3) is 0 Å². The Hall–Kier alpha value is -0.170. The SMILES string of the molecule is CC(C)N1CCC(N2CCC3(CC2)CCC(C)(C)N(S(C)(=O)=O)C3)CC1. The van der Waals surface area contributed by atoms with Gasteiger partial charge in [0, 0.05) is 24.2 Å². The minimum absolute atomic E-state index is 0.202. The van der Waals surface area contributed by atoms with Crippen LogP contribution in [0, 0.1) is 5.41 Å². The van der Waals surface area contributed by atoms with Gasteiger partial charge in [0.25, 0.3) is 0 Å². The highest BCUT2D eigenvalue weighted by atomic mass is 32.2. The normalized spacial score (nSPS) is 29.5. The molecule has 3 aliphatic heterocycles. The van der Waals surface area contributed by atoms with Crippen molar-refractivity contribution in [1.29, 1.82) is 0 Å². The number of piperidine rings is 3. The fraction of sp³-hybridized carbons (Fsp3) is 1.00. The van der Waals surface area contributed by atoms with Crippen molar-refractivity contribution in [3.05, 3.63) is 0 Å². The first-order valence-corrected chi connectivity index (χ1v) is 12.3. The first-order chi connectivity index (χ1) is 12.0. The summed E-state index contributed by atoms with van der Waals surface area (Å²) in [5.74, 6) is 0. The number of sulfonamides is 1. The molecule has 0 aromatic rings. The molecule has 0 aromatic heterocycles. The molecule has 0 aromatic carbocycles. The Kier molecular flexibility index (Phi) is 5.80. The van der Waals surface area contributed by atoms with Crippen LogP contribution in [0.4, 0.5) is 0 Å². The molecule has 0 amide bonds. The van der Waals surface area contributed by atoms with Crippen molar-refractivity contribution in [2.24, 2.45) is 5.41 Å². The molecule has 0 unspecified atom stereocenters. The predicted octanol–water partition coefficient (Wildman–Crippen LogP) is 2.78. The van der Waals surface area contributed by atoms with E-state index in [1.54, 1.807) is 4.31 Å². The van der Waals surface area contributed by atoms with Crippen molar-refractivity contribution in [1.82, 2.24) is 14.1 Å². The van der Waals surface area contributed by atoms with Gasteiger partial charge in [0.1, 0.15) is 0 Å². The van der Waals surface area contributed by atoms with Gasteiger partial charge in [0.15, 0.2) is 0 Å². The Morgan fingerprint density at radius 3 is 2.00 bits per heavy atom. The minimum atomic E-state index is -3.14. The summed E-state index contributed by atoms with van der Waals surface area (Å²) in [5, 5.41) is 0. The Morgan fingerprint density at radius 2 is 1.50 bits per heavy atom. The summed E-state index contributed by atoms with van der Waals surface area (Å²) in [6, 6.07) is 1.39. The van der Waals surface area contributed by atoms with Crippen LogP contribution in [0.5, 0.6) is 0 Å². The lowest BCUT2D eigenvalue weighted by Crippen LogP contribution is -2.59. The van der Waals surface area contributed by atoms with E-state index in [4.69, 9.17) is 0 Å². The van der Waals surface area contributed by atoms with Crippen molar-refractivity contribution >= 4 is 10.0 Å². The van der Waals surface area contributed by atoms with Crippen LogP contribution >= 0.6 is 0 Å². The van der Waals surface area contributed by atoms with Crippen LogP contribution in [0.15, 0.2) is 0 Å². The molecule has 0 bridgehead atoms. The summed E-state index contributed by atoms with van der Waals surface area (Å²) in [6.45, 7) is 14.2. The van der Waals surface area contributed by atoms with Crippen molar-refractivity contribution in [3.63, 3.8) is 0 Å². The van der Waals surface area contributed by atoms with E-state index in [2.05, 4.69) is 37.5 Å². The van der Waals surface area contributed by atoms with E-state index < -0.39 is 10.0 Å². The number of hydrogen-bond donors (Lipinski definition) is 0. The standard InChI is InChI=1S/C20H39N3O2S/c1-17(2)21-12-6-18(7-13-21)22-14-10-20(11-15-22)9-8-19(3,4)23(16-20)26(5,24)25/h17-18H,6-16H2,1-5H3.